The van der Waals surface area contributed by atoms with E-state index in [1.54, 1.807) is 11.8 Å². The van der Waals surface area contributed by atoms with Gasteiger partial charge in [0.1, 0.15) is 0 Å². The Bertz CT molecular complexity index is 565. The van der Waals surface area contributed by atoms with Crippen molar-refractivity contribution in [2.24, 2.45) is 0 Å². The van der Waals surface area contributed by atoms with Gasteiger partial charge < -0.3 is 15.1 Å². The molecule has 5 heteroatoms. The molecule has 1 fully saturated rings. The van der Waals surface area contributed by atoms with Crippen molar-refractivity contribution in [2.75, 3.05) is 36.4 Å². The van der Waals surface area contributed by atoms with Gasteiger partial charge in [-0.3, -0.25) is 9.59 Å². The molecule has 2 amide bonds. The molecule has 26 heavy (non-hydrogen) atoms. The zero-order valence-electron chi connectivity index (χ0n) is 16.3. The number of amides is 2. The fraction of sp³-hybridized carbons (Fsp3) is 0.619. The van der Waals surface area contributed by atoms with Crippen molar-refractivity contribution in [1.82, 2.24) is 4.90 Å². The predicted octanol–water partition coefficient (Wildman–Crippen LogP) is 4.04. The molecule has 1 aromatic carbocycles. The van der Waals surface area contributed by atoms with E-state index in [0.29, 0.717) is 13.0 Å². The number of rotatable bonds is 9. The first-order valence-electron chi connectivity index (χ1n) is 10.0. The number of unbranched alkanes of at least 4 members (excludes halogenated alkanes) is 2. The van der Waals surface area contributed by atoms with E-state index in [1.807, 2.05) is 12.1 Å². The molecule has 5 nitrogen and oxygen atoms in total. The molecular formula is C21H33N3O2. The van der Waals surface area contributed by atoms with Gasteiger partial charge in [0.05, 0.1) is 0 Å². The first kappa shape index (κ1) is 20.3. The van der Waals surface area contributed by atoms with Crippen LogP contribution < -0.4 is 10.2 Å². The number of anilines is 2. The zero-order chi connectivity index (χ0) is 18.8. The number of hydrogen-bond acceptors (Lipinski definition) is 3. The minimum absolute atomic E-state index is 0.0415. The summed E-state index contributed by atoms with van der Waals surface area (Å²) in [6.07, 6.45) is 7.39. The van der Waals surface area contributed by atoms with E-state index in [9.17, 15) is 9.59 Å². The molecule has 1 N–H and O–H groups in total. The van der Waals surface area contributed by atoms with Crippen molar-refractivity contribution in [2.45, 2.75) is 58.8 Å². The molecule has 1 saturated heterocycles. The van der Waals surface area contributed by atoms with Crippen LogP contribution in [0.15, 0.2) is 24.3 Å². The molecule has 144 valence electrons. The Balaban J connectivity index is 1.78. The van der Waals surface area contributed by atoms with E-state index < -0.39 is 0 Å². The second-order valence-corrected chi connectivity index (χ2v) is 7.11. The molecule has 1 aliphatic rings. The molecule has 0 aromatic heterocycles. The van der Waals surface area contributed by atoms with E-state index in [1.165, 1.54) is 24.9 Å². The minimum Gasteiger partial charge on any atom is -0.372 e. The van der Waals surface area contributed by atoms with E-state index in [2.05, 4.69) is 29.3 Å². The van der Waals surface area contributed by atoms with Crippen LogP contribution in [0.5, 0.6) is 0 Å². The number of hydrogen-bond donors (Lipinski definition) is 1. The molecule has 1 aliphatic heterocycles. The Kier molecular flexibility index (Phi) is 8.45. The second kappa shape index (κ2) is 10.8. The topological polar surface area (TPSA) is 52.7 Å². The van der Waals surface area contributed by atoms with Crippen molar-refractivity contribution >= 4 is 23.2 Å². The molecule has 1 heterocycles. The zero-order valence-corrected chi connectivity index (χ0v) is 16.3. The van der Waals surface area contributed by atoms with Crippen LogP contribution in [0.4, 0.5) is 11.4 Å². The SMILES string of the molecule is CCCCCN(CCC(=O)Nc1ccc(N2CCCCC2)cc1)C(C)=O. The van der Waals surface area contributed by atoms with Crippen LogP contribution >= 0.6 is 0 Å². The quantitative estimate of drug-likeness (QED) is 0.677. The van der Waals surface area contributed by atoms with Gasteiger partial charge in [0, 0.05) is 50.9 Å². The molecule has 0 atom stereocenters. The molecule has 0 radical (unpaired) electrons. The Labute approximate surface area is 157 Å². The summed E-state index contributed by atoms with van der Waals surface area (Å²) in [5.74, 6) is -0.00254. The smallest absolute Gasteiger partial charge is 0.226 e. The molecular weight excluding hydrogens is 326 g/mol. The lowest BCUT2D eigenvalue weighted by atomic mass is 10.1. The van der Waals surface area contributed by atoms with Gasteiger partial charge in [-0.15, -0.1) is 0 Å². The van der Waals surface area contributed by atoms with Crippen LogP contribution in [-0.4, -0.2) is 42.9 Å². The third-order valence-corrected chi connectivity index (χ3v) is 4.96. The Morgan fingerprint density at radius 3 is 2.35 bits per heavy atom. The molecule has 0 spiro atoms. The van der Waals surface area contributed by atoms with E-state index in [0.717, 1.165) is 44.6 Å². The molecule has 1 aromatic rings. The van der Waals surface area contributed by atoms with Crippen LogP contribution in [0, 0.1) is 0 Å². The van der Waals surface area contributed by atoms with Crippen molar-refractivity contribution in [3.05, 3.63) is 24.3 Å². The Morgan fingerprint density at radius 2 is 1.73 bits per heavy atom. The van der Waals surface area contributed by atoms with Crippen molar-refractivity contribution < 1.29 is 9.59 Å². The number of nitrogens with one attached hydrogen (secondary N) is 1. The van der Waals surface area contributed by atoms with Gasteiger partial charge in [-0.25, -0.2) is 0 Å². The maximum Gasteiger partial charge on any atom is 0.226 e. The molecule has 0 aliphatic carbocycles. The number of carbonyl (C=O) groups is 2. The lowest BCUT2D eigenvalue weighted by molar-refractivity contribution is -0.129. The highest BCUT2D eigenvalue weighted by Gasteiger charge is 2.12. The number of carbonyl (C=O) groups excluding carboxylic acids is 2. The standard InChI is InChI=1S/C21H33N3O2/c1-3-4-6-14-23(18(2)25)17-13-21(26)22-19-9-11-20(12-10-19)24-15-7-5-8-16-24/h9-12H,3-8,13-17H2,1-2H3,(H,22,26). The second-order valence-electron chi connectivity index (χ2n) is 7.11. The summed E-state index contributed by atoms with van der Waals surface area (Å²) in [4.78, 5) is 28.1. The summed E-state index contributed by atoms with van der Waals surface area (Å²) >= 11 is 0. The minimum atomic E-state index is -0.0440. The Hall–Kier alpha value is -2.04. The monoisotopic (exact) mass is 359 g/mol. The third-order valence-electron chi connectivity index (χ3n) is 4.96. The van der Waals surface area contributed by atoms with E-state index in [-0.39, 0.29) is 11.8 Å². The largest absolute Gasteiger partial charge is 0.372 e. The van der Waals surface area contributed by atoms with Gasteiger partial charge in [0.25, 0.3) is 0 Å². The molecule has 2 rings (SSSR count). The maximum atomic E-state index is 12.2. The first-order chi connectivity index (χ1) is 12.6. The van der Waals surface area contributed by atoms with Gasteiger partial charge >= 0.3 is 0 Å². The van der Waals surface area contributed by atoms with Crippen LogP contribution in [-0.2, 0) is 9.59 Å². The summed E-state index contributed by atoms with van der Waals surface area (Å²) in [6, 6.07) is 8.08. The summed E-state index contributed by atoms with van der Waals surface area (Å²) < 4.78 is 0. The summed E-state index contributed by atoms with van der Waals surface area (Å²) in [7, 11) is 0. The van der Waals surface area contributed by atoms with Gasteiger partial charge in [-0.05, 0) is 49.9 Å². The van der Waals surface area contributed by atoms with Gasteiger partial charge in [-0.1, -0.05) is 19.8 Å². The Morgan fingerprint density at radius 1 is 1.04 bits per heavy atom. The van der Waals surface area contributed by atoms with Crippen LogP contribution in [0.3, 0.4) is 0 Å². The fourth-order valence-corrected chi connectivity index (χ4v) is 3.35. The van der Waals surface area contributed by atoms with Gasteiger partial charge in [-0.2, -0.15) is 0 Å². The average molecular weight is 360 g/mol. The summed E-state index contributed by atoms with van der Waals surface area (Å²) in [6.45, 7) is 7.16. The average Bonchev–Trinajstić information content (AvgIpc) is 2.65. The van der Waals surface area contributed by atoms with Crippen molar-refractivity contribution in [1.29, 1.82) is 0 Å². The van der Waals surface area contributed by atoms with Gasteiger partial charge in [0.2, 0.25) is 11.8 Å². The number of piperidine rings is 1. The molecule has 0 bridgehead atoms. The first-order valence-corrected chi connectivity index (χ1v) is 10.0. The van der Waals surface area contributed by atoms with Crippen molar-refractivity contribution in [3.63, 3.8) is 0 Å². The third kappa shape index (κ3) is 6.70. The number of nitrogens with zero attached hydrogens (tertiary/aromatic N) is 2. The lowest BCUT2D eigenvalue weighted by Crippen LogP contribution is -2.33. The highest BCUT2D eigenvalue weighted by molar-refractivity contribution is 5.91. The maximum absolute atomic E-state index is 12.2. The van der Waals surface area contributed by atoms with Gasteiger partial charge in [0.15, 0.2) is 0 Å². The summed E-state index contributed by atoms with van der Waals surface area (Å²) in [5.41, 5.74) is 2.04. The summed E-state index contributed by atoms with van der Waals surface area (Å²) in [5, 5.41) is 2.94. The molecule has 0 unspecified atom stereocenters. The van der Waals surface area contributed by atoms with E-state index in [4.69, 9.17) is 0 Å². The molecule has 0 saturated carbocycles. The highest BCUT2D eigenvalue weighted by Crippen LogP contribution is 2.21. The normalized spacial score (nSPS) is 14.2. The predicted molar refractivity (Wildman–Crippen MR) is 108 cm³/mol. The fourth-order valence-electron chi connectivity index (χ4n) is 3.35. The lowest BCUT2D eigenvalue weighted by Gasteiger charge is -2.28. The van der Waals surface area contributed by atoms with Crippen LogP contribution in [0.1, 0.15) is 58.8 Å². The van der Waals surface area contributed by atoms with Crippen LogP contribution in [0.25, 0.3) is 0 Å². The van der Waals surface area contributed by atoms with Crippen molar-refractivity contribution in [3.8, 4) is 0 Å². The number of benzene rings is 1. The van der Waals surface area contributed by atoms with E-state index >= 15 is 0 Å². The highest BCUT2D eigenvalue weighted by atomic mass is 16.2. The van der Waals surface area contributed by atoms with Crippen LogP contribution in [0.2, 0.25) is 0 Å².